The average molecular weight is 276 g/mol. The van der Waals surface area contributed by atoms with Crippen molar-refractivity contribution in [3.8, 4) is 5.75 Å². The van der Waals surface area contributed by atoms with E-state index < -0.39 is 0 Å². The van der Waals surface area contributed by atoms with E-state index in [1.54, 1.807) is 7.11 Å². The van der Waals surface area contributed by atoms with Crippen molar-refractivity contribution in [2.75, 3.05) is 27.7 Å². The first-order valence-electron chi connectivity index (χ1n) is 7.59. The zero-order valence-electron chi connectivity index (χ0n) is 13.3. The molecule has 1 N–H and O–H groups in total. The number of nitrogens with one attached hydrogen (secondary N) is 1. The summed E-state index contributed by atoms with van der Waals surface area (Å²) in [7, 11) is 6.16. The molecule has 20 heavy (non-hydrogen) atoms. The summed E-state index contributed by atoms with van der Waals surface area (Å²) >= 11 is 0. The lowest BCUT2D eigenvalue weighted by Gasteiger charge is -2.36. The SMILES string of the molecule is COc1ccc(C)cc1CNCC1(N(C)C)CCCC1. The number of aryl methyl sites for hydroxylation is 1. The zero-order valence-corrected chi connectivity index (χ0v) is 13.3. The molecule has 0 spiro atoms. The second-order valence-corrected chi connectivity index (χ2v) is 6.24. The van der Waals surface area contributed by atoms with Crippen LogP contribution in [0.25, 0.3) is 0 Å². The maximum Gasteiger partial charge on any atom is 0.123 e. The van der Waals surface area contributed by atoms with E-state index in [1.165, 1.54) is 36.8 Å². The van der Waals surface area contributed by atoms with Gasteiger partial charge in [-0.05, 0) is 39.9 Å². The van der Waals surface area contributed by atoms with Gasteiger partial charge in [0.2, 0.25) is 0 Å². The molecule has 1 aromatic rings. The fourth-order valence-electron chi connectivity index (χ4n) is 3.29. The standard InChI is InChI=1S/C17H28N2O/c1-14-7-8-16(20-4)15(11-14)12-18-13-17(19(2)3)9-5-6-10-17/h7-8,11,18H,5-6,9-10,12-13H2,1-4H3. The van der Waals surface area contributed by atoms with E-state index in [9.17, 15) is 0 Å². The Kier molecular flexibility index (Phi) is 5.06. The maximum absolute atomic E-state index is 5.45. The van der Waals surface area contributed by atoms with Gasteiger partial charge in [0.25, 0.3) is 0 Å². The molecule has 112 valence electrons. The molecule has 1 aliphatic carbocycles. The van der Waals surface area contributed by atoms with E-state index in [0.717, 1.165) is 18.8 Å². The number of likely N-dealkylation sites (N-methyl/N-ethyl adjacent to an activating group) is 1. The summed E-state index contributed by atoms with van der Waals surface area (Å²) < 4.78 is 5.45. The molecule has 0 amide bonds. The number of hydrogen-bond donors (Lipinski definition) is 1. The molecule has 0 aromatic heterocycles. The second-order valence-electron chi connectivity index (χ2n) is 6.24. The summed E-state index contributed by atoms with van der Waals surface area (Å²) in [5, 5.41) is 3.65. The Morgan fingerprint density at radius 3 is 2.55 bits per heavy atom. The molecule has 0 unspecified atom stereocenters. The van der Waals surface area contributed by atoms with Crippen molar-refractivity contribution in [1.82, 2.24) is 10.2 Å². The fraction of sp³-hybridized carbons (Fsp3) is 0.647. The molecule has 0 aliphatic heterocycles. The van der Waals surface area contributed by atoms with Crippen molar-refractivity contribution < 1.29 is 4.74 Å². The Hall–Kier alpha value is -1.06. The topological polar surface area (TPSA) is 24.5 Å². The van der Waals surface area contributed by atoms with E-state index >= 15 is 0 Å². The van der Waals surface area contributed by atoms with Crippen LogP contribution < -0.4 is 10.1 Å². The molecular formula is C17H28N2O. The van der Waals surface area contributed by atoms with Gasteiger partial charge in [-0.1, -0.05) is 30.5 Å². The van der Waals surface area contributed by atoms with E-state index in [0.29, 0.717) is 5.54 Å². The van der Waals surface area contributed by atoms with E-state index in [-0.39, 0.29) is 0 Å². The minimum atomic E-state index is 0.344. The van der Waals surface area contributed by atoms with Crippen molar-refractivity contribution >= 4 is 0 Å². The van der Waals surface area contributed by atoms with Gasteiger partial charge in [-0.2, -0.15) is 0 Å². The molecule has 0 heterocycles. The van der Waals surface area contributed by atoms with Crippen molar-refractivity contribution in [3.63, 3.8) is 0 Å². The first-order chi connectivity index (χ1) is 9.57. The monoisotopic (exact) mass is 276 g/mol. The zero-order chi connectivity index (χ0) is 14.6. The Labute approximate surface area is 123 Å². The summed E-state index contributed by atoms with van der Waals surface area (Å²) in [6.45, 7) is 4.05. The first kappa shape index (κ1) is 15.3. The highest BCUT2D eigenvalue weighted by atomic mass is 16.5. The predicted molar refractivity (Wildman–Crippen MR) is 84.3 cm³/mol. The van der Waals surface area contributed by atoms with Gasteiger partial charge in [-0.15, -0.1) is 0 Å². The highest BCUT2D eigenvalue weighted by Gasteiger charge is 2.35. The van der Waals surface area contributed by atoms with E-state index in [1.807, 2.05) is 0 Å². The smallest absolute Gasteiger partial charge is 0.123 e. The Morgan fingerprint density at radius 1 is 1.25 bits per heavy atom. The van der Waals surface area contributed by atoms with E-state index in [4.69, 9.17) is 4.74 Å². The molecule has 2 rings (SSSR count). The van der Waals surface area contributed by atoms with Crippen LogP contribution in [-0.2, 0) is 6.54 Å². The molecule has 0 radical (unpaired) electrons. The van der Waals surface area contributed by atoms with Crippen LogP contribution in [0.2, 0.25) is 0 Å². The average Bonchev–Trinajstić information content (AvgIpc) is 2.89. The van der Waals surface area contributed by atoms with Crippen molar-refractivity contribution in [2.45, 2.75) is 44.7 Å². The fourth-order valence-corrected chi connectivity index (χ4v) is 3.29. The predicted octanol–water partition coefficient (Wildman–Crippen LogP) is 2.97. The highest BCUT2D eigenvalue weighted by molar-refractivity contribution is 5.36. The van der Waals surface area contributed by atoms with Crippen molar-refractivity contribution in [3.05, 3.63) is 29.3 Å². The van der Waals surface area contributed by atoms with Crippen LogP contribution in [0.3, 0.4) is 0 Å². The number of hydrogen-bond acceptors (Lipinski definition) is 3. The van der Waals surface area contributed by atoms with Crippen LogP contribution in [0.1, 0.15) is 36.8 Å². The van der Waals surface area contributed by atoms with Gasteiger partial charge in [-0.3, -0.25) is 0 Å². The van der Waals surface area contributed by atoms with Crippen LogP contribution in [-0.4, -0.2) is 38.2 Å². The van der Waals surface area contributed by atoms with Gasteiger partial charge in [0.05, 0.1) is 7.11 Å². The molecule has 3 heteroatoms. The largest absolute Gasteiger partial charge is 0.496 e. The lowest BCUT2D eigenvalue weighted by atomic mass is 9.96. The Balaban J connectivity index is 1.97. The van der Waals surface area contributed by atoms with Gasteiger partial charge < -0.3 is 15.0 Å². The van der Waals surface area contributed by atoms with Crippen LogP contribution >= 0.6 is 0 Å². The van der Waals surface area contributed by atoms with Gasteiger partial charge >= 0.3 is 0 Å². The third kappa shape index (κ3) is 3.33. The number of ether oxygens (including phenoxy) is 1. The van der Waals surface area contributed by atoms with Gasteiger partial charge in [0.1, 0.15) is 5.75 Å². The lowest BCUT2D eigenvalue weighted by Crippen LogP contribution is -2.49. The van der Waals surface area contributed by atoms with Crippen LogP contribution in [0.15, 0.2) is 18.2 Å². The molecular weight excluding hydrogens is 248 g/mol. The van der Waals surface area contributed by atoms with Gasteiger partial charge in [0.15, 0.2) is 0 Å². The quantitative estimate of drug-likeness (QED) is 0.864. The van der Waals surface area contributed by atoms with Gasteiger partial charge in [-0.25, -0.2) is 0 Å². The molecule has 1 saturated carbocycles. The maximum atomic E-state index is 5.45. The minimum Gasteiger partial charge on any atom is -0.496 e. The molecule has 1 aromatic carbocycles. The third-order valence-corrected chi connectivity index (χ3v) is 4.69. The van der Waals surface area contributed by atoms with E-state index in [2.05, 4.69) is 49.4 Å². The number of benzene rings is 1. The second kappa shape index (κ2) is 6.59. The van der Waals surface area contributed by atoms with Crippen LogP contribution in [0, 0.1) is 6.92 Å². The Bertz CT molecular complexity index is 437. The number of rotatable bonds is 6. The molecule has 0 atom stereocenters. The summed E-state index contributed by atoms with van der Waals surface area (Å²) in [6.07, 6.45) is 5.32. The van der Waals surface area contributed by atoms with Crippen LogP contribution in [0.4, 0.5) is 0 Å². The third-order valence-electron chi connectivity index (χ3n) is 4.69. The lowest BCUT2D eigenvalue weighted by molar-refractivity contribution is 0.153. The van der Waals surface area contributed by atoms with Crippen molar-refractivity contribution in [1.29, 1.82) is 0 Å². The normalized spacial score (nSPS) is 17.6. The minimum absolute atomic E-state index is 0.344. The van der Waals surface area contributed by atoms with Gasteiger partial charge in [0, 0.05) is 24.2 Å². The molecule has 1 fully saturated rings. The summed E-state index contributed by atoms with van der Waals surface area (Å²) in [5.41, 5.74) is 2.88. The molecule has 3 nitrogen and oxygen atoms in total. The first-order valence-corrected chi connectivity index (χ1v) is 7.59. The van der Waals surface area contributed by atoms with Crippen LogP contribution in [0.5, 0.6) is 5.75 Å². The molecule has 1 aliphatic rings. The number of methoxy groups -OCH3 is 1. The highest BCUT2D eigenvalue weighted by Crippen LogP contribution is 2.33. The molecule has 0 saturated heterocycles. The summed E-state index contributed by atoms with van der Waals surface area (Å²) in [5.74, 6) is 0.980. The number of nitrogens with zero attached hydrogens (tertiary/aromatic N) is 1. The summed E-state index contributed by atoms with van der Waals surface area (Å²) in [6, 6.07) is 6.37. The Morgan fingerprint density at radius 2 is 1.95 bits per heavy atom. The molecule has 0 bridgehead atoms. The van der Waals surface area contributed by atoms with Crippen molar-refractivity contribution in [2.24, 2.45) is 0 Å². The summed E-state index contributed by atoms with van der Waals surface area (Å²) in [4.78, 5) is 2.40.